The Bertz CT molecular complexity index is 2820. The minimum atomic E-state index is -0.0141. The number of nitrogens with zero attached hydrogens (tertiary/aromatic N) is 1. The molecule has 1 aromatic heterocycles. The molecule has 0 saturated heterocycles. The van der Waals surface area contributed by atoms with Gasteiger partial charge in [-0.3, -0.25) is 0 Å². The van der Waals surface area contributed by atoms with Crippen LogP contribution in [0.5, 0.6) is 0 Å². The van der Waals surface area contributed by atoms with E-state index in [9.17, 15) is 0 Å². The number of fused-ring (bicyclic) bond motifs is 12. The van der Waals surface area contributed by atoms with Crippen LogP contribution >= 0.6 is 0 Å². The molecule has 1 nitrogen and oxygen atoms in total. The fraction of sp³-hybridized carbons (Fsp3) is 0.0638. The minimum Gasteiger partial charge on any atom is -0.309 e. The Labute approximate surface area is 279 Å². The van der Waals surface area contributed by atoms with E-state index < -0.39 is 0 Å². The van der Waals surface area contributed by atoms with Gasteiger partial charge in [-0.15, -0.1) is 0 Å². The quantitative estimate of drug-likeness (QED) is 0.184. The molecule has 2 aliphatic carbocycles. The van der Waals surface area contributed by atoms with Crippen LogP contribution in [-0.2, 0) is 5.41 Å². The lowest BCUT2D eigenvalue weighted by Crippen LogP contribution is -2.14. The van der Waals surface area contributed by atoms with Crippen LogP contribution in [0.4, 0.5) is 0 Å². The maximum atomic E-state index is 2.45. The summed E-state index contributed by atoms with van der Waals surface area (Å²) in [7, 11) is 0. The average Bonchev–Trinajstić information content (AvgIpc) is 3.73. The fourth-order valence-corrected chi connectivity index (χ4v) is 9.20. The molecule has 1 heteroatoms. The van der Waals surface area contributed by atoms with Crippen molar-refractivity contribution in [3.05, 3.63) is 163 Å². The van der Waals surface area contributed by atoms with Gasteiger partial charge in [-0.05, 0) is 101 Å². The van der Waals surface area contributed by atoms with Crippen LogP contribution in [0.3, 0.4) is 0 Å². The minimum absolute atomic E-state index is 0.0141. The number of aromatic nitrogens is 1. The van der Waals surface area contributed by atoms with E-state index in [4.69, 9.17) is 0 Å². The third-order valence-corrected chi connectivity index (χ3v) is 11.4. The van der Waals surface area contributed by atoms with Gasteiger partial charge in [0.2, 0.25) is 0 Å². The lowest BCUT2D eigenvalue weighted by molar-refractivity contribution is 0.661. The van der Waals surface area contributed by atoms with Crippen LogP contribution in [0.2, 0.25) is 0 Å². The Hall–Kier alpha value is -5.92. The molecule has 8 aromatic carbocycles. The highest BCUT2D eigenvalue weighted by atomic mass is 15.0. The van der Waals surface area contributed by atoms with Crippen LogP contribution in [0, 0.1) is 0 Å². The summed E-state index contributed by atoms with van der Waals surface area (Å²) in [6.07, 6.45) is 0. The molecule has 0 atom stereocenters. The van der Waals surface area contributed by atoms with E-state index in [-0.39, 0.29) is 5.41 Å². The first-order chi connectivity index (χ1) is 23.6. The van der Waals surface area contributed by atoms with Gasteiger partial charge in [-0.1, -0.05) is 141 Å². The van der Waals surface area contributed by atoms with Crippen molar-refractivity contribution in [1.82, 2.24) is 4.57 Å². The zero-order valence-corrected chi connectivity index (χ0v) is 26.9. The number of para-hydroxylation sites is 1. The predicted molar refractivity (Wildman–Crippen MR) is 203 cm³/mol. The molecule has 11 rings (SSSR count). The number of rotatable bonds is 2. The van der Waals surface area contributed by atoms with Gasteiger partial charge in [-0.2, -0.15) is 0 Å². The maximum absolute atomic E-state index is 2.45. The molecule has 0 fully saturated rings. The van der Waals surface area contributed by atoms with Crippen LogP contribution in [0.25, 0.3) is 93.5 Å². The molecule has 0 N–H and O–H groups in total. The summed E-state index contributed by atoms with van der Waals surface area (Å²) >= 11 is 0. The van der Waals surface area contributed by atoms with E-state index in [1.54, 1.807) is 0 Å². The molecule has 0 radical (unpaired) electrons. The molecule has 0 spiro atoms. The van der Waals surface area contributed by atoms with Crippen LogP contribution < -0.4 is 0 Å². The molecule has 9 aromatic rings. The number of benzene rings is 8. The van der Waals surface area contributed by atoms with Crippen molar-refractivity contribution in [2.75, 3.05) is 0 Å². The van der Waals surface area contributed by atoms with Gasteiger partial charge in [0, 0.05) is 21.9 Å². The highest BCUT2D eigenvalue weighted by Crippen LogP contribution is 2.53. The van der Waals surface area contributed by atoms with E-state index in [0.29, 0.717) is 0 Å². The van der Waals surface area contributed by atoms with Crippen molar-refractivity contribution < 1.29 is 0 Å². The second kappa shape index (κ2) is 9.12. The van der Waals surface area contributed by atoms with E-state index >= 15 is 0 Å². The van der Waals surface area contributed by atoms with Crippen LogP contribution in [-0.4, -0.2) is 4.57 Å². The highest BCUT2D eigenvalue weighted by molar-refractivity contribution is 6.24. The summed E-state index contributed by atoms with van der Waals surface area (Å²) in [6.45, 7) is 4.72. The van der Waals surface area contributed by atoms with Crippen molar-refractivity contribution in [2.24, 2.45) is 0 Å². The number of hydrogen-bond acceptors (Lipinski definition) is 0. The second-order valence-electron chi connectivity index (χ2n) is 14.0. The van der Waals surface area contributed by atoms with Crippen molar-refractivity contribution >= 4 is 43.4 Å². The van der Waals surface area contributed by atoms with Gasteiger partial charge in [0.15, 0.2) is 0 Å². The maximum Gasteiger partial charge on any atom is 0.0547 e. The summed E-state index contributed by atoms with van der Waals surface area (Å²) in [6, 6.07) is 56.7. The fourth-order valence-electron chi connectivity index (χ4n) is 9.20. The second-order valence-corrected chi connectivity index (χ2v) is 14.0. The Morgan fingerprint density at radius 3 is 1.85 bits per heavy atom. The van der Waals surface area contributed by atoms with Crippen molar-refractivity contribution in [2.45, 2.75) is 19.3 Å². The smallest absolute Gasteiger partial charge is 0.0547 e. The standard InChI is InChI=1S/C47H31N/c1-47(2)40-16-7-5-12-38(40)45-36-25-27-43-46(37(36)24-26-41(45)47)39-13-6-8-17-42(39)48(43)29-20-18-28(19-21-29)30-22-23-35-32-11-4-3-10-31(32)34-15-9-14-33(30)44(34)35/h3-27H,1-2H3. The molecular weight excluding hydrogens is 579 g/mol. The predicted octanol–water partition coefficient (Wildman–Crippen LogP) is 12.7. The van der Waals surface area contributed by atoms with Crippen LogP contribution in [0.15, 0.2) is 152 Å². The Morgan fingerprint density at radius 2 is 1.02 bits per heavy atom. The van der Waals surface area contributed by atoms with Crippen LogP contribution in [0.1, 0.15) is 25.0 Å². The first-order valence-corrected chi connectivity index (χ1v) is 17.0. The zero-order valence-electron chi connectivity index (χ0n) is 26.9. The van der Waals surface area contributed by atoms with Crippen molar-refractivity contribution in [3.8, 4) is 50.2 Å². The summed E-state index contributed by atoms with van der Waals surface area (Å²) < 4.78 is 2.45. The molecule has 0 unspecified atom stereocenters. The van der Waals surface area contributed by atoms with Gasteiger partial charge >= 0.3 is 0 Å². The zero-order chi connectivity index (χ0) is 31.7. The Balaban J connectivity index is 1.10. The van der Waals surface area contributed by atoms with Crippen molar-refractivity contribution in [1.29, 1.82) is 0 Å². The van der Waals surface area contributed by atoms with E-state index in [1.165, 1.54) is 105 Å². The topological polar surface area (TPSA) is 4.93 Å². The lowest BCUT2D eigenvalue weighted by Gasteiger charge is -2.21. The molecule has 0 bridgehead atoms. The average molecular weight is 610 g/mol. The SMILES string of the molecule is CC1(C)c2ccccc2-c2c1ccc1c2ccc2c1c1ccccc1n2-c1ccc(-c2ccc3c4c(cccc24)-c2ccccc2-3)cc1. The van der Waals surface area contributed by atoms with Gasteiger partial charge in [0.25, 0.3) is 0 Å². The Kier molecular flexibility index (Phi) is 4.97. The Morgan fingerprint density at radius 1 is 0.375 bits per heavy atom. The summed E-state index contributed by atoms with van der Waals surface area (Å²) in [5.41, 5.74) is 17.1. The largest absolute Gasteiger partial charge is 0.309 e. The molecule has 0 amide bonds. The highest BCUT2D eigenvalue weighted by Gasteiger charge is 2.36. The first kappa shape index (κ1) is 26.2. The molecule has 224 valence electrons. The summed E-state index contributed by atoms with van der Waals surface area (Å²) in [5, 5.41) is 7.95. The first-order valence-electron chi connectivity index (χ1n) is 17.0. The molecule has 48 heavy (non-hydrogen) atoms. The molecule has 0 aliphatic heterocycles. The third kappa shape index (κ3) is 3.21. The van der Waals surface area contributed by atoms with E-state index in [2.05, 4.69) is 170 Å². The van der Waals surface area contributed by atoms with E-state index in [1.807, 2.05) is 0 Å². The third-order valence-electron chi connectivity index (χ3n) is 11.4. The van der Waals surface area contributed by atoms with Gasteiger partial charge in [-0.25, -0.2) is 0 Å². The monoisotopic (exact) mass is 609 g/mol. The number of hydrogen-bond donors (Lipinski definition) is 0. The van der Waals surface area contributed by atoms with E-state index in [0.717, 1.165) is 0 Å². The molecular formula is C47H31N. The lowest BCUT2D eigenvalue weighted by atomic mass is 9.82. The van der Waals surface area contributed by atoms with Gasteiger partial charge in [0.05, 0.1) is 11.0 Å². The summed E-state index contributed by atoms with van der Waals surface area (Å²) in [4.78, 5) is 0. The molecule has 0 saturated carbocycles. The normalized spacial score (nSPS) is 13.8. The van der Waals surface area contributed by atoms with Crippen molar-refractivity contribution in [3.63, 3.8) is 0 Å². The van der Waals surface area contributed by atoms with Gasteiger partial charge in [0.1, 0.15) is 0 Å². The summed E-state index contributed by atoms with van der Waals surface area (Å²) in [5.74, 6) is 0. The molecule has 1 heterocycles. The van der Waals surface area contributed by atoms with Gasteiger partial charge < -0.3 is 4.57 Å². The molecule has 2 aliphatic rings.